The molecule has 0 radical (unpaired) electrons. The van der Waals surface area contributed by atoms with E-state index < -0.39 is 54.7 Å². The van der Waals surface area contributed by atoms with E-state index in [0.29, 0.717) is 36.6 Å². The molecule has 46 heavy (non-hydrogen) atoms. The van der Waals surface area contributed by atoms with Crippen molar-refractivity contribution in [3.63, 3.8) is 0 Å². The summed E-state index contributed by atoms with van der Waals surface area (Å²) in [6, 6.07) is 1.65. The van der Waals surface area contributed by atoms with Gasteiger partial charge in [-0.25, -0.2) is 8.78 Å². The highest BCUT2D eigenvalue weighted by atomic mass is 19.3. The van der Waals surface area contributed by atoms with E-state index in [1.807, 2.05) is 20.8 Å². The second kappa shape index (κ2) is 17.0. The molecule has 1 aliphatic heterocycles. The number of nitrogens with one attached hydrogen (secondary N) is 3. The lowest BCUT2D eigenvalue weighted by atomic mass is 9.97. The number of amides is 4. The van der Waals surface area contributed by atoms with Gasteiger partial charge in [-0.1, -0.05) is 44.8 Å². The second-order valence-electron chi connectivity index (χ2n) is 13.0. The Kier molecular flexibility index (Phi) is 13.7. The molecule has 3 rings (SSSR count). The van der Waals surface area contributed by atoms with Crippen LogP contribution in [0.1, 0.15) is 108 Å². The molecule has 1 saturated carbocycles. The Bertz CT molecular complexity index is 1260. The third kappa shape index (κ3) is 10.6. The molecule has 4 amide bonds. The van der Waals surface area contributed by atoms with Gasteiger partial charge in [0.05, 0.1) is 18.7 Å². The molecule has 1 aromatic rings. The molecule has 256 valence electrons. The smallest absolute Gasteiger partial charge is 0.267 e. The molecule has 1 aromatic carbocycles. The summed E-state index contributed by atoms with van der Waals surface area (Å²) in [6.07, 6.45) is 8.48. The molecular formula is C35H52F2N4O5. The van der Waals surface area contributed by atoms with Gasteiger partial charge in [-0.15, -0.1) is 0 Å². The van der Waals surface area contributed by atoms with Crippen LogP contribution < -0.4 is 16.0 Å². The Morgan fingerprint density at radius 1 is 1.11 bits per heavy atom. The third-order valence-electron chi connectivity index (χ3n) is 8.84. The molecule has 0 aromatic heterocycles. The lowest BCUT2D eigenvalue weighted by molar-refractivity contribution is -0.140. The fourth-order valence-corrected chi connectivity index (χ4v) is 6.46. The highest BCUT2D eigenvalue weighted by Gasteiger charge is 2.51. The Hall–Kier alpha value is -3.34. The summed E-state index contributed by atoms with van der Waals surface area (Å²) < 4.78 is 36.1. The van der Waals surface area contributed by atoms with Crippen molar-refractivity contribution in [1.29, 1.82) is 0 Å². The van der Waals surface area contributed by atoms with Crippen molar-refractivity contribution in [2.45, 2.75) is 129 Å². The van der Waals surface area contributed by atoms with E-state index in [1.165, 1.54) is 32.8 Å². The number of alkyl halides is 2. The first-order valence-corrected chi connectivity index (χ1v) is 16.7. The predicted molar refractivity (Wildman–Crippen MR) is 175 cm³/mol. The van der Waals surface area contributed by atoms with Gasteiger partial charge in [0.2, 0.25) is 17.7 Å². The molecule has 2 aliphatic rings. The number of halogens is 2. The highest BCUT2D eigenvalue weighted by Crippen LogP contribution is 2.33. The zero-order valence-corrected chi connectivity index (χ0v) is 28.2. The highest BCUT2D eigenvalue weighted by molar-refractivity contribution is 5.99. The molecule has 1 aliphatic carbocycles. The van der Waals surface area contributed by atoms with Crippen LogP contribution in [-0.4, -0.2) is 71.8 Å². The van der Waals surface area contributed by atoms with E-state index >= 15 is 0 Å². The number of likely N-dealkylation sites (tertiary alicyclic amines) is 1. The Morgan fingerprint density at radius 3 is 2.41 bits per heavy atom. The quantitative estimate of drug-likeness (QED) is 0.205. The van der Waals surface area contributed by atoms with Crippen molar-refractivity contribution in [2.75, 3.05) is 18.5 Å². The SMILES string of the molecule is CC/C=C(/C)CC(NC(=O)C1CC(F)(F)CN1C(=O)C(C)NC(=O)c1ccc(NC(C)=O)c(C)c1)C(CCC)OCC1CCCC1. The number of nitrogens with zero attached hydrogens (tertiary/aromatic N) is 1. The standard InChI is InChI=1S/C35H52F2N4O5/c1-7-11-22(3)17-29(31(12-8-2)46-20-26-13-9-10-14-26)40-33(44)30-19-35(36,37)21-41(30)34(45)24(5)38-32(43)27-15-16-28(23(4)18-27)39-25(6)42/h11,15-16,18,24,26,29-31H,7-10,12-14,17,19-21H2,1-6H3,(H,38,43)(H,39,42)(H,40,44)/b22-11-. The lowest BCUT2D eigenvalue weighted by Gasteiger charge is -2.32. The molecule has 1 heterocycles. The molecule has 1 saturated heterocycles. The summed E-state index contributed by atoms with van der Waals surface area (Å²) in [4.78, 5) is 52.5. The lowest BCUT2D eigenvalue weighted by Crippen LogP contribution is -2.55. The summed E-state index contributed by atoms with van der Waals surface area (Å²) in [5, 5.41) is 8.27. The van der Waals surface area contributed by atoms with Gasteiger partial charge in [0, 0.05) is 31.2 Å². The van der Waals surface area contributed by atoms with Gasteiger partial charge in [0.1, 0.15) is 12.1 Å². The maximum Gasteiger partial charge on any atom is 0.267 e. The first-order valence-electron chi connectivity index (χ1n) is 16.7. The Labute approximate surface area is 272 Å². The fourth-order valence-electron chi connectivity index (χ4n) is 6.46. The molecule has 2 fully saturated rings. The van der Waals surface area contributed by atoms with Crippen LogP contribution in [0, 0.1) is 12.8 Å². The maximum atomic E-state index is 14.8. The molecular weight excluding hydrogens is 594 g/mol. The maximum absolute atomic E-state index is 14.8. The molecule has 4 unspecified atom stereocenters. The van der Waals surface area contributed by atoms with Gasteiger partial charge in [0.15, 0.2) is 0 Å². The number of carbonyl (C=O) groups excluding carboxylic acids is 4. The summed E-state index contributed by atoms with van der Waals surface area (Å²) >= 11 is 0. The predicted octanol–water partition coefficient (Wildman–Crippen LogP) is 5.91. The van der Waals surface area contributed by atoms with Crippen LogP contribution in [0.15, 0.2) is 29.8 Å². The van der Waals surface area contributed by atoms with Crippen LogP contribution >= 0.6 is 0 Å². The summed E-state index contributed by atoms with van der Waals surface area (Å²) in [7, 11) is 0. The molecule has 4 atom stereocenters. The van der Waals surface area contributed by atoms with Crippen molar-refractivity contribution in [3.05, 3.63) is 41.0 Å². The fraction of sp³-hybridized carbons (Fsp3) is 0.657. The zero-order chi connectivity index (χ0) is 34.0. The average molecular weight is 647 g/mol. The molecule has 3 N–H and O–H groups in total. The van der Waals surface area contributed by atoms with Crippen molar-refractivity contribution in [1.82, 2.24) is 15.5 Å². The van der Waals surface area contributed by atoms with Crippen LogP contribution in [0.2, 0.25) is 0 Å². The van der Waals surface area contributed by atoms with E-state index in [2.05, 4.69) is 22.0 Å². The Balaban J connectivity index is 1.75. The normalized spacial score (nSPS) is 20.2. The number of carbonyl (C=O) groups is 4. The molecule has 9 nitrogen and oxygen atoms in total. The number of ether oxygens (including phenoxy) is 1. The minimum atomic E-state index is -3.26. The van der Waals surface area contributed by atoms with Crippen LogP contribution in [-0.2, 0) is 19.1 Å². The molecule has 0 bridgehead atoms. The summed E-state index contributed by atoms with van der Waals surface area (Å²) in [6.45, 7) is 10.3. The Morgan fingerprint density at radius 2 is 1.80 bits per heavy atom. The number of allylic oxidation sites excluding steroid dienone is 1. The van der Waals surface area contributed by atoms with E-state index in [4.69, 9.17) is 4.74 Å². The minimum Gasteiger partial charge on any atom is -0.376 e. The van der Waals surface area contributed by atoms with Gasteiger partial charge in [-0.05, 0) is 82.6 Å². The topological polar surface area (TPSA) is 117 Å². The number of benzene rings is 1. The molecule has 11 heteroatoms. The van der Waals surface area contributed by atoms with E-state index in [-0.39, 0.29) is 17.6 Å². The van der Waals surface area contributed by atoms with Gasteiger partial charge in [-0.2, -0.15) is 0 Å². The van der Waals surface area contributed by atoms with Crippen LogP contribution in [0.25, 0.3) is 0 Å². The van der Waals surface area contributed by atoms with Crippen molar-refractivity contribution < 1.29 is 32.7 Å². The summed E-state index contributed by atoms with van der Waals surface area (Å²) in [5.41, 5.74) is 2.50. The number of aryl methyl sites for hydroxylation is 1. The number of hydrogen-bond acceptors (Lipinski definition) is 5. The average Bonchev–Trinajstić information content (AvgIpc) is 3.62. The zero-order valence-electron chi connectivity index (χ0n) is 28.2. The van der Waals surface area contributed by atoms with Gasteiger partial charge in [-0.3, -0.25) is 19.2 Å². The van der Waals surface area contributed by atoms with Crippen LogP contribution in [0.5, 0.6) is 0 Å². The van der Waals surface area contributed by atoms with E-state index in [0.717, 1.165) is 36.2 Å². The van der Waals surface area contributed by atoms with E-state index in [9.17, 15) is 28.0 Å². The first-order chi connectivity index (χ1) is 21.7. The van der Waals surface area contributed by atoms with Gasteiger partial charge >= 0.3 is 0 Å². The van der Waals surface area contributed by atoms with Crippen molar-refractivity contribution in [3.8, 4) is 0 Å². The minimum absolute atomic E-state index is 0.241. The monoisotopic (exact) mass is 646 g/mol. The largest absolute Gasteiger partial charge is 0.376 e. The number of rotatable bonds is 15. The van der Waals surface area contributed by atoms with Crippen molar-refractivity contribution in [2.24, 2.45) is 5.92 Å². The summed E-state index contributed by atoms with van der Waals surface area (Å²) in [5.74, 6) is -5.01. The van der Waals surface area contributed by atoms with Gasteiger partial charge < -0.3 is 25.6 Å². The number of hydrogen-bond donors (Lipinski definition) is 3. The van der Waals surface area contributed by atoms with Crippen molar-refractivity contribution >= 4 is 29.3 Å². The molecule has 0 spiro atoms. The van der Waals surface area contributed by atoms with Crippen LogP contribution in [0.3, 0.4) is 0 Å². The second-order valence-corrected chi connectivity index (χ2v) is 13.0. The van der Waals surface area contributed by atoms with Crippen LogP contribution in [0.4, 0.5) is 14.5 Å². The number of anilines is 1. The van der Waals surface area contributed by atoms with Gasteiger partial charge in [0.25, 0.3) is 11.8 Å². The third-order valence-corrected chi connectivity index (χ3v) is 8.84. The van der Waals surface area contributed by atoms with E-state index in [1.54, 1.807) is 19.1 Å². The first kappa shape index (κ1) is 37.1.